The van der Waals surface area contributed by atoms with Crippen LogP contribution in [0.3, 0.4) is 0 Å². The first-order valence-corrected chi connectivity index (χ1v) is 10.4. The summed E-state index contributed by atoms with van der Waals surface area (Å²) < 4.78 is 30.3. The van der Waals surface area contributed by atoms with Crippen molar-refractivity contribution in [3.63, 3.8) is 0 Å². The molecule has 0 saturated carbocycles. The number of aromatic nitrogens is 4. The van der Waals surface area contributed by atoms with E-state index in [2.05, 4.69) is 15.1 Å². The van der Waals surface area contributed by atoms with E-state index in [1.165, 1.54) is 6.20 Å². The smallest absolute Gasteiger partial charge is 0.337 e. The molecule has 0 aliphatic rings. The number of hydrogen-bond donors (Lipinski definition) is 1. The van der Waals surface area contributed by atoms with Crippen LogP contribution in [0.4, 0.5) is 8.78 Å². The van der Waals surface area contributed by atoms with Gasteiger partial charge in [-0.1, -0.05) is 44.5 Å². The standard InChI is InChI=1S/C23H26F2N4O2/c1-3-5-13-29-20(27-22(28-29)23(24,25)11-4-2)14-16-6-8-17(9-7-16)18-10-12-26-15-19(18)21(30)31/h6-10,12,15H,3-5,11,13-14H2,1-2H3,(H,30,31). The summed E-state index contributed by atoms with van der Waals surface area (Å²) in [6.45, 7) is 4.29. The SMILES string of the molecule is CCCCn1nc(C(F)(F)CCC)nc1Cc1ccc(-c2ccncc2C(=O)O)cc1. The van der Waals surface area contributed by atoms with E-state index < -0.39 is 17.7 Å². The van der Waals surface area contributed by atoms with Gasteiger partial charge in [-0.25, -0.2) is 14.5 Å². The highest BCUT2D eigenvalue weighted by Crippen LogP contribution is 2.31. The van der Waals surface area contributed by atoms with Gasteiger partial charge in [-0.05, 0) is 35.6 Å². The van der Waals surface area contributed by atoms with Crippen LogP contribution in [-0.2, 0) is 18.9 Å². The second-order valence-corrected chi connectivity index (χ2v) is 7.48. The first-order chi connectivity index (χ1) is 14.9. The fourth-order valence-electron chi connectivity index (χ4n) is 3.37. The Hall–Kier alpha value is -3.16. The summed E-state index contributed by atoms with van der Waals surface area (Å²) in [5.41, 5.74) is 2.32. The lowest BCUT2D eigenvalue weighted by atomic mass is 10.00. The molecule has 0 atom stereocenters. The molecule has 1 N–H and O–H groups in total. The Morgan fingerprint density at radius 3 is 2.52 bits per heavy atom. The number of aryl methyl sites for hydroxylation is 1. The van der Waals surface area contributed by atoms with Gasteiger partial charge in [0.25, 0.3) is 0 Å². The van der Waals surface area contributed by atoms with Crippen LogP contribution < -0.4 is 0 Å². The van der Waals surface area contributed by atoms with Crippen molar-refractivity contribution in [1.82, 2.24) is 19.7 Å². The van der Waals surface area contributed by atoms with Crippen molar-refractivity contribution in [1.29, 1.82) is 0 Å². The highest BCUT2D eigenvalue weighted by Gasteiger charge is 2.36. The molecule has 2 heterocycles. The number of rotatable bonds is 10. The molecule has 0 spiro atoms. The van der Waals surface area contributed by atoms with Gasteiger partial charge < -0.3 is 5.11 Å². The van der Waals surface area contributed by atoms with E-state index in [1.807, 2.05) is 31.2 Å². The van der Waals surface area contributed by atoms with Crippen LogP contribution in [0, 0.1) is 0 Å². The molecular formula is C23H26F2N4O2. The highest BCUT2D eigenvalue weighted by molar-refractivity contribution is 5.95. The van der Waals surface area contributed by atoms with E-state index in [9.17, 15) is 18.7 Å². The van der Waals surface area contributed by atoms with Gasteiger partial charge in [0, 0.05) is 31.8 Å². The average molecular weight is 428 g/mol. The highest BCUT2D eigenvalue weighted by atomic mass is 19.3. The van der Waals surface area contributed by atoms with Crippen LogP contribution in [0.2, 0.25) is 0 Å². The number of aromatic carboxylic acids is 1. The monoisotopic (exact) mass is 428 g/mol. The molecule has 0 fully saturated rings. The molecule has 0 aliphatic heterocycles. The predicted molar refractivity (Wildman–Crippen MR) is 113 cm³/mol. The molecule has 164 valence electrons. The van der Waals surface area contributed by atoms with Gasteiger partial charge in [0.15, 0.2) is 0 Å². The first kappa shape index (κ1) is 22.5. The largest absolute Gasteiger partial charge is 0.478 e. The van der Waals surface area contributed by atoms with Crippen molar-refractivity contribution >= 4 is 5.97 Å². The van der Waals surface area contributed by atoms with Crippen LogP contribution in [0.1, 0.15) is 67.1 Å². The van der Waals surface area contributed by atoms with Gasteiger partial charge in [0.2, 0.25) is 5.82 Å². The van der Waals surface area contributed by atoms with Crippen LogP contribution in [0.25, 0.3) is 11.1 Å². The van der Waals surface area contributed by atoms with Crippen molar-refractivity contribution in [3.05, 3.63) is 65.5 Å². The zero-order valence-corrected chi connectivity index (χ0v) is 17.7. The van der Waals surface area contributed by atoms with Gasteiger partial charge in [0.05, 0.1) is 5.56 Å². The Morgan fingerprint density at radius 1 is 1.13 bits per heavy atom. The minimum atomic E-state index is -3.04. The number of carboxylic acids is 1. The summed E-state index contributed by atoms with van der Waals surface area (Å²) in [6, 6.07) is 8.99. The normalized spacial score (nSPS) is 11.6. The molecule has 31 heavy (non-hydrogen) atoms. The van der Waals surface area contributed by atoms with E-state index in [1.54, 1.807) is 23.9 Å². The van der Waals surface area contributed by atoms with E-state index in [4.69, 9.17) is 0 Å². The molecule has 0 aliphatic carbocycles. The second kappa shape index (κ2) is 9.76. The van der Waals surface area contributed by atoms with Gasteiger partial charge in [-0.15, -0.1) is 5.10 Å². The number of unbranched alkanes of at least 4 members (excludes halogenated alkanes) is 1. The molecule has 2 aromatic heterocycles. The van der Waals surface area contributed by atoms with Crippen molar-refractivity contribution < 1.29 is 18.7 Å². The lowest BCUT2D eigenvalue weighted by molar-refractivity contribution is -0.0232. The summed E-state index contributed by atoms with van der Waals surface area (Å²) in [6.07, 6.45) is 5.04. The fourth-order valence-corrected chi connectivity index (χ4v) is 3.37. The Bertz CT molecular complexity index is 1030. The molecule has 0 amide bonds. The molecule has 0 unspecified atom stereocenters. The molecule has 1 aromatic carbocycles. The van der Waals surface area contributed by atoms with Gasteiger partial charge in [-0.2, -0.15) is 8.78 Å². The maximum absolute atomic E-state index is 14.4. The number of halogens is 2. The Kier molecular flexibility index (Phi) is 7.09. The number of hydrogen-bond acceptors (Lipinski definition) is 4. The minimum Gasteiger partial charge on any atom is -0.478 e. The molecule has 3 rings (SSSR count). The third-order valence-corrected chi connectivity index (χ3v) is 5.04. The Morgan fingerprint density at radius 2 is 1.87 bits per heavy atom. The zero-order chi connectivity index (χ0) is 22.4. The van der Waals surface area contributed by atoms with Crippen LogP contribution in [0.5, 0.6) is 0 Å². The summed E-state index contributed by atoms with van der Waals surface area (Å²) in [4.78, 5) is 19.5. The van der Waals surface area contributed by atoms with Crippen molar-refractivity contribution in [2.45, 2.75) is 58.4 Å². The summed E-state index contributed by atoms with van der Waals surface area (Å²) in [5, 5.41) is 13.5. The molecule has 3 aromatic rings. The van der Waals surface area contributed by atoms with Crippen LogP contribution in [-0.4, -0.2) is 30.8 Å². The van der Waals surface area contributed by atoms with Gasteiger partial charge in [0.1, 0.15) is 5.82 Å². The fraction of sp³-hybridized carbons (Fsp3) is 0.391. The Balaban J connectivity index is 1.87. The van der Waals surface area contributed by atoms with Crippen molar-refractivity contribution in [3.8, 4) is 11.1 Å². The van der Waals surface area contributed by atoms with E-state index >= 15 is 0 Å². The maximum Gasteiger partial charge on any atom is 0.337 e. The quantitative estimate of drug-likeness (QED) is 0.473. The lowest BCUT2D eigenvalue weighted by Crippen LogP contribution is -2.15. The summed E-state index contributed by atoms with van der Waals surface area (Å²) >= 11 is 0. The maximum atomic E-state index is 14.4. The minimum absolute atomic E-state index is 0.123. The predicted octanol–water partition coefficient (Wildman–Crippen LogP) is 5.32. The average Bonchev–Trinajstić information content (AvgIpc) is 3.16. The number of alkyl halides is 2. The van der Waals surface area contributed by atoms with Gasteiger partial charge >= 0.3 is 11.9 Å². The van der Waals surface area contributed by atoms with E-state index in [0.29, 0.717) is 30.8 Å². The molecule has 6 nitrogen and oxygen atoms in total. The third-order valence-electron chi connectivity index (χ3n) is 5.04. The molecule has 0 saturated heterocycles. The topological polar surface area (TPSA) is 80.9 Å². The second-order valence-electron chi connectivity index (χ2n) is 7.48. The number of benzene rings is 1. The number of carboxylic acid groups (broad SMARTS) is 1. The number of pyridine rings is 1. The summed E-state index contributed by atoms with van der Waals surface area (Å²) in [7, 11) is 0. The molecular weight excluding hydrogens is 402 g/mol. The van der Waals surface area contributed by atoms with Gasteiger partial charge in [-0.3, -0.25) is 4.98 Å². The van der Waals surface area contributed by atoms with Crippen LogP contribution >= 0.6 is 0 Å². The molecule has 0 bridgehead atoms. The molecule has 8 heteroatoms. The third kappa shape index (κ3) is 5.31. The molecule has 0 radical (unpaired) electrons. The summed E-state index contributed by atoms with van der Waals surface area (Å²) in [5.74, 6) is -4.00. The first-order valence-electron chi connectivity index (χ1n) is 10.4. The van der Waals surface area contributed by atoms with Crippen LogP contribution in [0.15, 0.2) is 42.7 Å². The lowest BCUT2D eigenvalue weighted by Gasteiger charge is -2.10. The van der Waals surface area contributed by atoms with Crippen molar-refractivity contribution in [2.75, 3.05) is 0 Å². The van der Waals surface area contributed by atoms with E-state index in [-0.39, 0.29) is 12.0 Å². The number of nitrogens with zero attached hydrogens (tertiary/aromatic N) is 4. The van der Waals surface area contributed by atoms with E-state index in [0.717, 1.165) is 24.0 Å². The zero-order valence-electron chi connectivity index (χ0n) is 17.7. The Labute approximate surface area is 180 Å². The number of carbonyl (C=O) groups is 1. The van der Waals surface area contributed by atoms with Crippen molar-refractivity contribution in [2.24, 2.45) is 0 Å².